The minimum Gasteiger partial charge on any atom is -0.465 e. The summed E-state index contributed by atoms with van der Waals surface area (Å²) in [6.45, 7) is 6.91. The lowest BCUT2D eigenvalue weighted by atomic mass is 10.2. The lowest BCUT2D eigenvalue weighted by Gasteiger charge is -2.10. The molecule has 1 aromatic rings. The Kier molecular flexibility index (Phi) is 6.82. The fraction of sp³-hybridized carbons (Fsp3) is 0.429. The number of ether oxygens (including phenoxy) is 1. The summed E-state index contributed by atoms with van der Waals surface area (Å²) in [6, 6.07) is 4.89. The third-order valence-corrected chi connectivity index (χ3v) is 3.02. The molecule has 0 radical (unpaired) electrons. The van der Waals surface area contributed by atoms with Gasteiger partial charge in [0, 0.05) is 12.1 Å². The second-order valence-electron chi connectivity index (χ2n) is 4.56. The number of hydrogen-bond donors (Lipinski definition) is 1. The maximum Gasteiger partial charge on any atom is 0.291 e. The van der Waals surface area contributed by atoms with Gasteiger partial charge in [0.2, 0.25) is 0 Å². The molecule has 0 saturated carbocycles. The highest BCUT2D eigenvalue weighted by molar-refractivity contribution is 6.42. The van der Waals surface area contributed by atoms with Crippen molar-refractivity contribution in [1.82, 2.24) is 5.32 Å². The second kappa shape index (κ2) is 8.12. The van der Waals surface area contributed by atoms with E-state index in [0.29, 0.717) is 34.7 Å². The Morgan fingerprint density at radius 3 is 2.60 bits per heavy atom. The number of carbonyl (C=O) groups excluding carboxylic acids is 1. The van der Waals surface area contributed by atoms with Gasteiger partial charge in [-0.05, 0) is 31.0 Å². The number of nitrogens with zero attached hydrogens (tertiary/aromatic N) is 1. The number of aliphatic imine (C=N–C) groups is 1. The van der Waals surface area contributed by atoms with Gasteiger partial charge in [-0.3, -0.25) is 10.1 Å². The Hall–Kier alpha value is -1.26. The van der Waals surface area contributed by atoms with Crippen LogP contribution >= 0.6 is 23.2 Å². The number of amides is 1. The summed E-state index contributed by atoms with van der Waals surface area (Å²) in [5, 5.41) is 3.36. The van der Waals surface area contributed by atoms with Crippen LogP contribution in [-0.2, 0) is 4.74 Å². The minimum atomic E-state index is -0.334. The highest BCUT2D eigenvalue weighted by atomic mass is 35.5. The lowest BCUT2D eigenvalue weighted by Crippen LogP contribution is -2.33. The van der Waals surface area contributed by atoms with Crippen molar-refractivity contribution in [1.29, 1.82) is 0 Å². The predicted octanol–water partition coefficient (Wildman–Crippen LogP) is 3.77. The van der Waals surface area contributed by atoms with E-state index in [0.717, 1.165) is 0 Å². The zero-order valence-electron chi connectivity index (χ0n) is 11.7. The van der Waals surface area contributed by atoms with Gasteiger partial charge in [0.1, 0.15) is 0 Å². The molecule has 0 aliphatic heterocycles. The first-order chi connectivity index (χ1) is 9.43. The van der Waals surface area contributed by atoms with Crippen molar-refractivity contribution in [2.24, 2.45) is 10.9 Å². The van der Waals surface area contributed by atoms with Crippen LogP contribution in [0.15, 0.2) is 23.2 Å². The van der Waals surface area contributed by atoms with Crippen LogP contribution in [0.2, 0.25) is 10.0 Å². The molecule has 0 fully saturated rings. The van der Waals surface area contributed by atoms with Crippen molar-refractivity contribution < 1.29 is 9.53 Å². The summed E-state index contributed by atoms with van der Waals surface area (Å²) in [5.74, 6) is 0.0480. The topological polar surface area (TPSA) is 50.7 Å². The molecular weight excluding hydrogens is 299 g/mol. The molecule has 110 valence electrons. The molecule has 20 heavy (non-hydrogen) atoms. The molecule has 1 rings (SSSR count). The van der Waals surface area contributed by atoms with E-state index in [9.17, 15) is 4.79 Å². The lowest BCUT2D eigenvalue weighted by molar-refractivity contribution is 0.0966. The molecule has 0 saturated heterocycles. The van der Waals surface area contributed by atoms with Crippen LogP contribution in [-0.4, -0.2) is 25.1 Å². The SMILES string of the molecule is CCOC(=NCC(C)C)NC(=O)c1ccc(Cl)c(Cl)c1. The van der Waals surface area contributed by atoms with Gasteiger partial charge in [-0.25, -0.2) is 4.99 Å². The van der Waals surface area contributed by atoms with Crippen LogP contribution in [0.3, 0.4) is 0 Å². The molecule has 1 amide bonds. The normalized spacial score (nSPS) is 11.6. The maximum absolute atomic E-state index is 12.1. The first-order valence-corrected chi connectivity index (χ1v) is 7.13. The van der Waals surface area contributed by atoms with E-state index in [1.807, 2.05) is 20.8 Å². The van der Waals surface area contributed by atoms with E-state index >= 15 is 0 Å². The van der Waals surface area contributed by atoms with Crippen LogP contribution in [0.5, 0.6) is 0 Å². The van der Waals surface area contributed by atoms with Crippen LogP contribution in [0.4, 0.5) is 0 Å². The molecule has 6 heteroatoms. The molecule has 1 aromatic carbocycles. The number of carbonyl (C=O) groups is 1. The van der Waals surface area contributed by atoms with Crippen molar-refractivity contribution in [3.05, 3.63) is 33.8 Å². The van der Waals surface area contributed by atoms with E-state index in [2.05, 4.69) is 10.3 Å². The van der Waals surface area contributed by atoms with E-state index in [-0.39, 0.29) is 11.9 Å². The van der Waals surface area contributed by atoms with Gasteiger partial charge in [-0.2, -0.15) is 0 Å². The van der Waals surface area contributed by atoms with Crippen LogP contribution in [0.1, 0.15) is 31.1 Å². The number of rotatable bonds is 4. The Bertz CT molecular complexity index is 502. The number of nitrogens with one attached hydrogen (secondary N) is 1. The van der Waals surface area contributed by atoms with Gasteiger partial charge in [0.05, 0.1) is 16.7 Å². The van der Waals surface area contributed by atoms with Gasteiger partial charge >= 0.3 is 0 Å². The third kappa shape index (κ3) is 5.39. The van der Waals surface area contributed by atoms with Crippen molar-refractivity contribution in [2.75, 3.05) is 13.2 Å². The van der Waals surface area contributed by atoms with Crippen molar-refractivity contribution in [2.45, 2.75) is 20.8 Å². The fourth-order valence-electron chi connectivity index (χ4n) is 1.33. The summed E-state index contributed by atoms with van der Waals surface area (Å²) >= 11 is 11.7. The minimum absolute atomic E-state index is 0.220. The monoisotopic (exact) mass is 316 g/mol. The zero-order chi connectivity index (χ0) is 15.1. The molecule has 0 bridgehead atoms. The summed E-state index contributed by atoms with van der Waals surface area (Å²) in [7, 11) is 0. The smallest absolute Gasteiger partial charge is 0.291 e. The highest BCUT2D eigenvalue weighted by Crippen LogP contribution is 2.22. The number of benzene rings is 1. The average molecular weight is 317 g/mol. The van der Waals surface area contributed by atoms with E-state index in [1.165, 1.54) is 6.07 Å². The van der Waals surface area contributed by atoms with Gasteiger partial charge in [-0.1, -0.05) is 37.0 Å². The van der Waals surface area contributed by atoms with Gasteiger partial charge in [0.15, 0.2) is 0 Å². The number of amidine groups is 1. The molecule has 4 nitrogen and oxygen atoms in total. The Morgan fingerprint density at radius 1 is 1.35 bits per heavy atom. The first-order valence-electron chi connectivity index (χ1n) is 6.37. The molecule has 1 N–H and O–H groups in total. The molecule has 0 unspecified atom stereocenters. The van der Waals surface area contributed by atoms with Gasteiger partial charge < -0.3 is 4.74 Å². The van der Waals surface area contributed by atoms with Crippen molar-refractivity contribution >= 4 is 35.1 Å². The summed E-state index contributed by atoms with van der Waals surface area (Å²) in [4.78, 5) is 16.3. The standard InChI is InChI=1S/C14H18Cl2N2O2/c1-4-20-14(17-8-9(2)3)18-13(19)10-5-6-11(15)12(16)7-10/h5-7,9H,4,8H2,1-3H3,(H,17,18,19). The summed E-state index contributed by atoms with van der Waals surface area (Å²) in [5.41, 5.74) is 0.399. The highest BCUT2D eigenvalue weighted by Gasteiger charge is 2.11. The summed E-state index contributed by atoms with van der Waals surface area (Å²) in [6.07, 6.45) is 0. The molecule has 0 aromatic heterocycles. The van der Waals surface area contributed by atoms with Gasteiger partial charge in [-0.15, -0.1) is 0 Å². The fourth-order valence-corrected chi connectivity index (χ4v) is 1.63. The van der Waals surface area contributed by atoms with Gasteiger partial charge in [0.25, 0.3) is 11.9 Å². The molecule has 0 heterocycles. The molecule has 0 aliphatic carbocycles. The molecule has 0 atom stereocenters. The molecule has 0 aliphatic rings. The molecular formula is C14H18Cl2N2O2. The zero-order valence-corrected chi connectivity index (χ0v) is 13.3. The Morgan fingerprint density at radius 2 is 2.05 bits per heavy atom. The Labute approximate surface area is 129 Å². The van der Waals surface area contributed by atoms with E-state index in [4.69, 9.17) is 27.9 Å². The first kappa shape index (κ1) is 16.8. The van der Waals surface area contributed by atoms with Crippen molar-refractivity contribution in [3.63, 3.8) is 0 Å². The largest absolute Gasteiger partial charge is 0.465 e. The van der Waals surface area contributed by atoms with E-state index in [1.54, 1.807) is 12.1 Å². The predicted molar refractivity (Wildman–Crippen MR) is 82.7 cm³/mol. The maximum atomic E-state index is 12.1. The van der Waals surface area contributed by atoms with E-state index < -0.39 is 0 Å². The average Bonchev–Trinajstić information content (AvgIpc) is 2.39. The van der Waals surface area contributed by atoms with Crippen LogP contribution in [0.25, 0.3) is 0 Å². The van der Waals surface area contributed by atoms with Crippen molar-refractivity contribution in [3.8, 4) is 0 Å². The summed E-state index contributed by atoms with van der Waals surface area (Å²) < 4.78 is 5.30. The number of halogens is 2. The van der Waals surface area contributed by atoms with Crippen LogP contribution < -0.4 is 5.32 Å². The molecule has 0 spiro atoms. The quantitative estimate of drug-likeness (QED) is 0.679. The number of hydrogen-bond acceptors (Lipinski definition) is 3. The van der Waals surface area contributed by atoms with Crippen LogP contribution in [0, 0.1) is 5.92 Å². The Balaban J connectivity index is 2.79. The second-order valence-corrected chi connectivity index (χ2v) is 5.37. The third-order valence-electron chi connectivity index (χ3n) is 2.28.